The lowest BCUT2D eigenvalue weighted by Gasteiger charge is -2.07. The molecule has 0 unspecified atom stereocenters. The summed E-state index contributed by atoms with van der Waals surface area (Å²) < 4.78 is 18.6. The Morgan fingerprint density at radius 2 is 1.56 bits per heavy atom. The fourth-order valence-electron chi connectivity index (χ4n) is 2.72. The highest BCUT2D eigenvalue weighted by Crippen LogP contribution is 2.14. The number of carbonyl (C=O) groups excluding carboxylic acids is 2. The molecule has 164 valence electrons. The van der Waals surface area contributed by atoms with Crippen LogP contribution in [0.15, 0.2) is 77.9 Å². The van der Waals surface area contributed by atoms with Crippen molar-refractivity contribution < 1.29 is 18.7 Å². The van der Waals surface area contributed by atoms with Crippen LogP contribution in [0.5, 0.6) is 5.75 Å². The molecule has 0 radical (unpaired) electrons. The van der Waals surface area contributed by atoms with Crippen molar-refractivity contribution >= 4 is 23.7 Å². The number of hydrogen-bond acceptors (Lipinski definition) is 4. The Kier molecular flexibility index (Phi) is 8.09. The van der Waals surface area contributed by atoms with Crippen molar-refractivity contribution in [1.82, 2.24) is 5.43 Å². The maximum absolute atomic E-state index is 12.9. The molecule has 2 amide bonds. The maximum atomic E-state index is 12.9. The first-order valence-corrected chi connectivity index (χ1v) is 10.1. The molecule has 0 fully saturated rings. The third-order valence-corrected chi connectivity index (χ3v) is 4.52. The lowest BCUT2D eigenvalue weighted by atomic mass is 10.2. The van der Waals surface area contributed by atoms with Crippen molar-refractivity contribution in [2.75, 3.05) is 5.32 Å². The molecule has 3 aromatic rings. The molecule has 7 heteroatoms. The van der Waals surface area contributed by atoms with Crippen LogP contribution < -0.4 is 15.5 Å². The van der Waals surface area contributed by atoms with Crippen LogP contribution in [0.25, 0.3) is 0 Å². The van der Waals surface area contributed by atoms with Crippen molar-refractivity contribution in [1.29, 1.82) is 0 Å². The number of aryl methyl sites for hydroxylation is 1. The lowest BCUT2D eigenvalue weighted by Crippen LogP contribution is -2.20. The molecule has 0 bridgehead atoms. The number of hydrogen-bond donors (Lipinski definition) is 2. The zero-order chi connectivity index (χ0) is 22.8. The fraction of sp³-hybridized carbons (Fsp3) is 0.160. The number of hydrazone groups is 1. The van der Waals surface area contributed by atoms with E-state index in [4.69, 9.17) is 4.74 Å². The Bertz CT molecular complexity index is 1060. The number of amides is 2. The van der Waals surface area contributed by atoms with E-state index in [0.29, 0.717) is 12.3 Å². The summed E-state index contributed by atoms with van der Waals surface area (Å²) in [5.74, 6) is -0.367. The van der Waals surface area contributed by atoms with Gasteiger partial charge in [-0.1, -0.05) is 29.8 Å². The fourth-order valence-corrected chi connectivity index (χ4v) is 2.72. The predicted octanol–water partition coefficient (Wildman–Crippen LogP) is 4.58. The largest absolute Gasteiger partial charge is 0.489 e. The van der Waals surface area contributed by atoms with Crippen molar-refractivity contribution in [3.63, 3.8) is 0 Å². The lowest BCUT2D eigenvalue weighted by molar-refractivity contribution is -0.124. The van der Waals surface area contributed by atoms with Gasteiger partial charge in [0.15, 0.2) is 0 Å². The van der Waals surface area contributed by atoms with E-state index in [0.717, 1.165) is 16.9 Å². The Morgan fingerprint density at radius 3 is 2.25 bits per heavy atom. The minimum absolute atomic E-state index is 0.00819. The van der Waals surface area contributed by atoms with Crippen molar-refractivity contribution in [3.8, 4) is 5.75 Å². The molecule has 0 aliphatic heterocycles. The van der Waals surface area contributed by atoms with Crippen LogP contribution in [0.1, 0.15) is 29.5 Å². The molecule has 0 spiro atoms. The standard InChI is InChI=1S/C25H24FN3O3/c1-18-2-4-20(5-3-18)17-32-23-12-6-19(7-13-23)16-27-29-25(31)15-14-24(30)28-22-10-8-21(26)9-11-22/h2-13,16H,14-15,17H2,1H3,(H,28,30)(H,29,31). The van der Waals surface area contributed by atoms with Gasteiger partial charge in [-0.15, -0.1) is 0 Å². The van der Waals surface area contributed by atoms with Gasteiger partial charge in [0.1, 0.15) is 18.2 Å². The number of benzene rings is 3. The smallest absolute Gasteiger partial charge is 0.240 e. The average molecular weight is 433 g/mol. The zero-order valence-electron chi connectivity index (χ0n) is 17.7. The summed E-state index contributed by atoms with van der Waals surface area (Å²) >= 11 is 0. The number of ether oxygens (including phenoxy) is 1. The molecule has 0 atom stereocenters. The SMILES string of the molecule is Cc1ccc(COc2ccc(C=NNC(=O)CCC(=O)Nc3ccc(F)cc3)cc2)cc1. The van der Waals surface area contributed by atoms with Crippen LogP contribution in [0.3, 0.4) is 0 Å². The summed E-state index contributed by atoms with van der Waals surface area (Å²) in [7, 11) is 0. The molecule has 0 aromatic heterocycles. The molecule has 32 heavy (non-hydrogen) atoms. The zero-order valence-corrected chi connectivity index (χ0v) is 17.7. The van der Waals surface area contributed by atoms with Gasteiger partial charge in [-0.2, -0.15) is 5.10 Å². The van der Waals surface area contributed by atoms with Gasteiger partial charge in [0.2, 0.25) is 11.8 Å². The molecule has 3 rings (SSSR count). The Labute approximate surface area is 186 Å². The van der Waals surface area contributed by atoms with E-state index in [-0.39, 0.29) is 30.5 Å². The Morgan fingerprint density at radius 1 is 0.906 bits per heavy atom. The highest BCUT2D eigenvalue weighted by molar-refractivity contribution is 5.93. The monoisotopic (exact) mass is 433 g/mol. The molecule has 0 saturated carbocycles. The molecule has 0 aliphatic carbocycles. The van der Waals surface area contributed by atoms with Crippen LogP contribution >= 0.6 is 0 Å². The summed E-state index contributed by atoms with van der Waals surface area (Å²) in [5.41, 5.74) is 5.96. The number of nitrogens with zero attached hydrogens (tertiary/aromatic N) is 1. The number of anilines is 1. The highest BCUT2D eigenvalue weighted by atomic mass is 19.1. The van der Waals surface area contributed by atoms with E-state index in [2.05, 4.69) is 15.8 Å². The topological polar surface area (TPSA) is 79.8 Å². The minimum atomic E-state index is -0.385. The van der Waals surface area contributed by atoms with Crippen molar-refractivity contribution in [2.24, 2.45) is 5.10 Å². The summed E-state index contributed by atoms with van der Waals surface area (Å²) in [6, 6.07) is 20.9. The molecule has 0 aliphatic rings. The molecule has 0 saturated heterocycles. The van der Waals surface area contributed by atoms with E-state index >= 15 is 0 Å². The number of halogens is 1. The minimum Gasteiger partial charge on any atom is -0.489 e. The van der Waals surface area contributed by atoms with Gasteiger partial charge in [-0.05, 0) is 66.6 Å². The maximum Gasteiger partial charge on any atom is 0.240 e. The molecule has 6 nitrogen and oxygen atoms in total. The van der Waals surface area contributed by atoms with Crippen LogP contribution in [0.4, 0.5) is 10.1 Å². The first-order chi connectivity index (χ1) is 15.5. The van der Waals surface area contributed by atoms with Crippen LogP contribution in [0, 0.1) is 12.7 Å². The molecule has 0 heterocycles. The molecule has 2 N–H and O–H groups in total. The van der Waals surface area contributed by atoms with Gasteiger partial charge in [0, 0.05) is 18.5 Å². The van der Waals surface area contributed by atoms with Gasteiger partial charge < -0.3 is 10.1 Å². The van der Waals surface area contributed by atoms with E-state index in [1.165, 1.54) is 36.0 Å². The summed E-state index contributed by atoms with van der Waals surface area (Å²) in [4.78, 5) is 23.7. The van der Waals surface area contributed by atoms with Gasteiger partial charge in [-0.3, -0.25) is 9.59 Å². The molecule has 3 aromatic carbocycles. The number of nitrogens with one attached hydrogen (secondary N) is 2. The van der Waals surface area contributed by atoms with Gasteiger partial charge in [0.05, 0.1) is 6.21 Å². The third-order valence-electron chi connectivity index (χ3n) is 4.52. The third kappa shape index (κ3) is 7.68. The number of rotatable bonds is 9. The van der Waals surface area contributed by atoms with E-state index in [1.54, 1.807) is 0 Å². The van der Waals surface area contributed by atoms with E-state index in [1.807, 2.05) is 55.5 Å². The van der Waals surface area contributed by atoms with E-state index < -0.39 is 0 Å². The first kappa shape index (κ1) is 22.7. The summed E-state index contributed by atoms with van der Waals surface area (Å²) in [6.07, 6.45) is 1.49. The van der Waals surface area contributed by atoms with Crippen LogP contribution in [-0.2, 0) is 16.2 Å². The van der Waals surface area contributed by atoms with Gasteiger partial charge >= 0.3 is 0 Å². The quantitative estimate of drug-likeness (QED) is 0.383. The molecular weight excluding hydrogens is 409 g/mol. The number of carbonyl (C=O) groups is 2. The second kappa shape index (κ2) is 11.4. The van der Waals surface area contributed by atoms with Crippen molar-refractivity contribution in [3.05, 3.63) is 95.3 Å². The second-order valence-corrected chi connectivity index (χ2v) is 7.19. The van der Waals surface area contributed by atoms with Crippen LogP contribution in [-0.4, -0.2) is 18.0 Å². The highest BCUT2D eigenvalue weighted by Gasteiger charge is 2.07. The van der Waals surface area contributed by atoms with Gasteiger partial charge in [-0.25, -0.2) is 9.82 Å². The van der Waals surface area contributed by atoms with Gasteiger partial charge in [0.25, 0.3) is 0 Å². The van der Waals surface area contributed by atoms with Crippen molar-refractivity contribution in [2.45, 2.75) is 26.4 Å². The first-order valence-electron chi connectivity index (χ1n) is 10.1. The predicted molar refractivity (Wildman–Crippen MR) is 122 cm³/mol. The summed E-state index contributed by atoms with van der Waals surface area (Å²) in [6.45, 7) is 2.53. The molecular formula is C25H24FN3O3. The normalized spacial score (nSPS) is 10.7. The Hall–Kier alpha value is -4.00. The van der Waals surface area contributed by atoms with E-state index in [9.17, 15) is 14.0 Å². The average Bonchev–Trinajstić information content (AvgIpc) is 2.80. The Balaban J connectivity index is 1.37. The second-order valence-electron chi connectivity index (χ2n) is 7.19. The summed E-state index contributed by atoms with van der Waals surface area (Å²) in [5, 5.41) is 6.50. The van der Waals surface area contributed by atoms with Crippen LogP contribution in [0.2, 0.25) is 0 Å².